The Kier molecular flexibility index (Phi) is 20.3. The predicted octanol–water partition coefficient (Wildman–Crippen LogP) is 5.14. The number of ether oxygens (including phenoxy) is 2. The van der Waals surface area contributed by atoms with Crippen molar-refractivity contribution in [1.82, 2.24) is 25.8 Å². The van der Waals surface area contributed by atoms with Crippen LogP contribution in [0, 0.1) is 0 Å². The number of amides is 5. The number of aliphatic carboxylic acids is 2. The third kappa shape index (κ3) is 15.3. The maximum Gasteiger partial charge on any atom is 0.490 e. The lowest BCUT2D eigenvalue weighted by molar-refractivity contribution is -0.192. The van der Waals surface area contributed by atoms with Gasteiger partial charge in [-0.25, -0.2) is 9.59 Å². The van der Waals surface area contributed by atoms with Crippen molar-refractivity contribution in [3.05, 3.63) is 107 Å². The van der Waals surface area contributed by atoms with E-state index < -0.39 is 60.5 Å². The van der Waals surface area contributed by atoms with Gasteiger partial charge in [0.05, 0.1) is 20.8 Å². The fourth-order valence-electron chi connectivity index (χ4n) is 7.51. The van der Waals surface area contributed by atoms with Crippen LogP contribution in [-0.2, 0) is 41.6 Å². The molecule has 1 aliphatic heterocycles. The number of carboxylic acid groups (broad SMARTS) is 2. The standard InChI is InChI=1S/C48H58N6O9.C2HF3O2/c1-6-9-31-10-13-33(14-11-31)34-15-17-35(18-16-34)46(58)50-24-22-42(55)54(25-8-7-23-49)29-43(56)53(3)44-36-19-21-41(63-5)38(28-36)37-26-32(12-20-40(37)62-4)27-39(48(60)61)52-45(57)30(2)51-47(44)59;3-2(4,5)1(6)7/h10-21,26,28,30,39,44H,6-9,22-25,27,29,49H2,1-5H3,(H,50,58)(H,51,59)(H,52,57)(H,60,61);(H,6,7)/t30-,39-,44-;/m0./s1. The number of nitrogens with zero attached hydrogens (tertiary/aromatic N) is 2. The molecule has 4 bridgehead atoms. The van der Waals surface area contributed by atoms with Gasteiger partial charge < -0.3 is 51.2 Å². The summed E-state index contributed by atoms with van der Waals surface area (Å²) < 4.78 is 43.1. The summed E-state index contributed by atoms with van der Waals surface area (Å²) in [4.78, 5) is 92.4. The Morgan fingerprint density at radius 1 is 0.814 bits per heavy atom. The summed E-state index contributed by atoms with van der Waals surface area (Å²) in [5.41, 5.74) is 11.5. The molecule has 4 aromatic carbocycles. The van der Waals surface area contributed by atoms with Gasteiger partial charge in [-0.05, 0) is 96.9 Å². The number of nitrogens with two attached hydrogens (primary N) is 1. The molecule has 17 nitrogen and oxygen atoms in total. The van der Waals surface area contributed by atoms with Crippen LogP contribution in [0.15, 0.2) is 84.9 Å². The number of halogens is 3. The molecule has 70 heavy (non-hydrogen) atoms. The van der Waals surface area contributed by atoms with E-state index in [0.29, 0.717) is 58.7 Å². The number of benzene rings is 4. The molecule has 5 rings (SSSR count). The first-order chi connectivity index (χ1) is 33.2. The van der Waals surface area contributed by atoms with Crippen molar-refractivity contribution >= 4 is 41.5 Å². The number of hydrogen-bond acceptors (Lipinski definition) is 10. The highest BCUT2D eigenvalue weighted by Gasteiger charge is 2.38. The minimum Gasteiger partial charge on any atom is -0.496 e. The second-order valence-electron chi connectivity index (χ2n) is 16.4. The van der Waals surface area contributed by atoms with Crippen molar-refractivity contribution in [2.75, 3.05) is 47.4 Å². The smallest absolute Gasteiger partial charge is 0.490 e. The van der Waals surface area contributed by atoms with Crippen LogP contribution in [0.5, 0.6) is 11.5 Å². The van der Waals surface area contributed by atoms with E-state index in [9.17, 15) is 47.0 Å². The van der Waals surface area contributed by atoms with Crippen LogP contribution in [0.4, 0.5) is 13.2 Å². The number of carbonyl (C=O) groups excluding carboxylic acids is 5. The summed E-state index contributed by atoms with van der Waals surface area (Å²) in [5, 5.41) is 25.1. The zero-order chi connectivity index (χ0) is 51.7. The largest absolute Gasteiger partial charge is 0.496 e. The number of hydrogen-bond donors (Lipinski definition) is 6. The average Bonchev–Trinajstić information content (AvgIpc) is 3.33. The van der Waals surface area contributed by atoms with Crippen LogP contribution in [0.25, 0.3) is 22.3 Å². The molecule has 0 unspecified atom stereocenters. The number of likely N-dealkylation sites (N-methyl/N-ethyl adjacent to an activating group) is 1. The Labute approximate surface area is 403 Å². The van der Waals surface area contributed by atoms with Gasteiger partial charge in [0.15, 0.2) is 0 Å². The van der Waals surface area contributed by atoms with E-state index in [1.165, 1.54) is 43.6 Å². The van der Waals surface area contributed by atoms with Crippen LogP contribution >= 0.6 is 0 Å². The number of aryl methyl sites for hydroxylation is 1. The first-order valence-corrected chi connectivity index (χ1v) is 22.4. The van der Waals surface area contributed by atoms with Gasteiger partial charge in [0.1, 0.15) is 29.6 Å². The molecule has 0 radical (unpaired) electrons. The molecule has 5 amide bonds. The van der Waals surface area contributed by atoms with Crippen LogP contribution in [0.3, 0.4) is 0 Å². The molecule has 1 heterocycles. The highest BCUT2D eigenvalue weighted by Crippen LogP contribution is 2.40. The third-order valence-electron chi connectivity index (χ3n) is 11.3. The lowest BCUT2D eigenvalue weighted by atomic mass is 9.93. The number of nitrogens with one attached hydrogen (secondary N) is 3. The van der Waals surface area contributed by atoms with E-state index >= 15 is 0 Å². The van der Waals surface area contributed by atoms with E-state index in [-0.39, 0.29) is 37.7 Å². The Morgan fingerprint density at radius 2 is 1.40 bits per heavy atom. The first-order valence-electron chi connectivity index (χ1n) is 22.4. The second kappa shape index (κ2) is 25.8. The van der Waals surface area contributed by atoms with Gasteiger partial charge in [0, 0.05) is 49.7 Å². The maximum atomic E-state index is 14.2. The van der Waals surface area contributed by atoms with Gasteiger partial charge in [-0.3, -0.25) is 24.0 Å². The molecule has 0 aromatic heterocycles. The molecule has 3 atom stereocenters. The molecule has 1 aliphatic rings. The monoisotopic (exact) mass is 976 g/mol. The predicted molar refractivity (Wildman–Crippen MR) is 253 cm³/mol. The van der Waals surface area contributed by atoms with Gasteiger partial charge in [0.2, 0.25) is 23.6 Å². The van der Waals surface area contributed by atoms with Gasteiger partial charge in [-0.15, -0.1) is 0 Å². The van der Waals surface area contributed by atoms with Crippen LogP contribution in [0.1, 0.15) is 72.6 Å². The van der Waals surface area contributed by atoms with Crippen molar-refractivity contribution in [1.29, 1.82) is 0 Å². The highest BCUT2D eigenvalue weighted by atomic mass is 19.4. The summed E-state index contributed by atoms with van der Waals surface area (Å²) in [6.45, 7) is 3.76. The number of rotatable bonds is 17. The molecule has 0 aliphatic carbocycles. The van der Waals surface area contributed by atoms with Crippen LogP contribution in [0.2, 0.25) is 0 Å². The van der Waals surface area contributed by atoms with Crippen molar-refractivity contribution in [2.45, 2.75) is 76.7 Å². The molecule has 0 saturated heterocycles. The molecular formula is C50H59F3N6O11. The second-order valence-corrected chi connectivity index (χ2v) is 16.4. The Morgan fingerprint density at radius 3 is 1.96 bits per heavy atom. The van der Waals surface area contributed by atoms with E-state index in [0.717, 1.165) is 24.0 Å². The Bertz CT molecular complexity index is 2490. The third-order valence-corrected chi connectivity index (χ3v) is 11.3. The van der Waals surface area contributed by atoms with Gasteiger partial charge >= 0.3 is 18.1 Å². The average molecular weight is 977 g/mol. The number of carboxylic acids is 2. The minimum atomic E-state index is -5.08. The summed E-state index contributed by atoms with van der Waals surface area (Å²) >= 11 is 0. The van der Waals surface area contributed by atoms with Crippen molar-refractivity contribution in [3.63, 3.8) is 0 Å². The minimum absolute atomic E-state index is 0.0166. The lowest BCUT2D eigenvalue weighted by Crippen LogP contribution is -2.53. The molecule has 376 valence electrons. The maximum absolute atomic E-state index is 14.2. The van der Waals surface area contributed by atoms with E-state index in [4.69, 9.17) is 25.1 Å². The summed E-state index contributed by atoms with van der Waals surface area (Å²) in [7, 11) is 4.40. The summed E-state index contributed by atoms with van der Waals surface area (Å²) in [6, 6.07) is 21.8. The van der Waals surface area contributed by atoms with E-state index in [1.807, 2.05) is 12.1 Å². The number of fused-ring (bicyclic) bond motifs is 5. The fraction of sp³-hybridized carbons (Fsp3) is 0.380. The van der Waals surface area contributed by atoms with Crippen LogP contribution < -0.4 is 31.2 Å². The molecule has 7 N–H and O–H groups in total. The molecule has 0 fully saturated rings. The van der Waals surface area contributed by atoms with Gasteiger partial charge in [-0.2, -0.15) is 13.2 Å². The molecule has 0 saturated carbocycles. The zero-order valence-electron chi connectivity index (χ0n) is 39.6. The van der Waals surface area contributed by atoms with E-state index in [2.05, 4.69) is 47.1 Å². The van der Waals surface area contributed by atoms with Gasteiger partial charge in [-0.1, -0.05) is 61.9 Å². The number of carbonyl (C=O) groups is 7. The number of unbranched alkanes of at least 4 members (excludes halogenated alkanes) is 1. The van der Waals surface area contributed by atoms with Gasteiger partial charge in [0.25, 0.3) is 5.91 Å². The highest BCUT2D eigenvalue weighted by molar-refractivity contribution is 5.96. The number of alkyl halides is 3. The fourth-order valence-corrected chi connectivity index (χ4v) is 7.51. The summed E-state index contributed by atoms with van der Waals surface area (Å²) in [5.74, 6) is -5.95. The van der Waals surface area contributed by atoms with Crippen molar-refractivity contribution < 1.29 is 66.4 Å². The Balaban J connectivity index is 0.00000141. The zero-order valence-corrected chi connectivity index (χ0v) is 39.6. The molecular weight excluding hydrogens is 918 g/mol. The first kappa shape index (κ1) is 55.1. The van der Waals surface area contributed by atoms with E-state index in [1.54, 1.807) is 48.5 Å². The van der Waals surface area contributed by atoms with Crippen LogP contribution in [-0.4, -0.2) is 127 Å². The lowest BCUT2D eigenvalue weighted by Gasteiger charge is -2.32. The molecule has 20 heteroatoms. The molecule has 4 aromatic rings. The normalized spacial score (nSPS) is 15.6. The summed E-state index contributed by atoms with van der Waals surface area (Å²) in [6.07, 6.45) is -2.05. The topological polar surface area (TPSA) is 247 Å². The SMILES string of the molecule is CCCc1ccc(-c2ccc(C(=O)NCCC(=O)N(CCCCN)CC(=O)N(C)[C@@H]3C(=O)N[C@@H](C)C(=O)N[C@H](C(=O)O)Cc4ccc(OC)c(c4)-c4cc3ccc4OC)cc2)cc1.O=C(O)C(F)(F)F. The molecule has 0 spiro atoms. The quantitative estimate of drug-likeness (QED) is 0.0754. The van der Waals surface area contributed by atoms with Crippen molar-refractivity contribution in [2.24, 2.45) is 5.73 Å². The van der Waals surface area contributed by atoms with Crippen molar-refractivity contribution in [3.8, 4) is 33.8 Å². The number of methoxy groups -OCH3 is 2. The Hall–Kier alpha value is -7.48.